The van der Waals surface area contributed by atoms with Crippen LogP contribution in [0.15, 0.2) is 65.2 Å². The summed E-state index contributed by atoms with van der Waals surface area (Å²) in [5, 5.41) is 12.4. The molecule has 4 aromatic rings. The minimum Gasteiger partial charge on any atom is -0.477 e. The molecule has 0 radical (unpaired) electrons. The summed E-state index contributed by atoms with van der Waals surface area (Å²) in [6, 6.07) is 13.4. The van der Waals surface area contributed by atoms with Gasteiger partial charge in [-0.25, -0.2) is 13.2 Å². The van der Waals surface area contributed by atoms with Gasteiger partial charge in [0.1, 0.15) is 21.6 Å². The van der Waals surface area contributed by atoms with Gasteiger partial charge in [-0.1, -0.05) is 35.3 Å². The first-order valence-corrected chi connectivity index (χ1v) is 13.8. The number of carbonyl (C=O) groups excluding carboxylic acids is 1. The third-order valence-electron chi connectivity index (χ3n) is 4.74. The van der Waals surface area contributed by atoms with E-state index in [0.717, 1.165) is 11.7 Å². The van der Waals surface area contributed by atoms with Crippen LogP contribution in [-0.4, -0.2) is 34.1 Å². The van der Waals surface area contributed by atoms with Crippen LogP contribution in [0.5, 0.6) is 0 Å². The molecule has 1 heterocycles. The van der Waals surface area contributed by atoms with Gasteiger partial charge < -0.3 is 10.4 Å². The number of carboxylic acid groups (broad SMARTS) is 1. The zero-order valence-corrected chi connectivity index (χ0v) is 23.0. The van der Waals surface area contributed by atoms with E-state index in [-0.39, 0.29) is 31.7 Å². The van der Waals surface area contributed by atoms with Gasteiger partial charge in [0, 0.05) is 3.57 Å². The standard InChI is InChI=1S/C22H13Cl2IN4O5S2/c23-14-7-4-11(8-15(14)24)9-18(22(31)32)26-21(30)13-6-5-12(25)10-17(13)29-36(33,34)19-3-1-2-16-20(19)28-35-27-16/h1-10,29H,(H,26,30)(H,31,32)/b18-9+. The van der Waals surface area contributed by atoms with E-state index < -0.39 is 27.6 Å². The lowest BCUT2D eigenvalue weighted by molar-refractivity contribution is -0.132. The molecule has 14 heteroatoms. The van der Waals surface area contributed by atoms with Gasteiger partial charge in [-0.3, -0.25) is 9.52 Å². The summed E-state index contributed by atoms with van der Waals surface area (Å²) in [4.78, 5) is 24.8. The molecular weight excluding hydrogens is 662 g/mol. The lowest BCUT2D eigenvalue weighted by atomic mass is 10.1. The van der Waals surface area contributed by atoms with Crippen molar-refractivity contribution in [2.75, 3.05) is 4.72 Å². The number of fused-ring (bicyclic) bond motifs is 1. The van der Waals surface area contributed by atoms with Crippen molar-refractivity contribution in [2.24, 2.45) is 0 Å². The van der Waals surface area contributed by atoms with Crippen LogP contribution in [0.3, 0.4) is 0 Å². The lowest BCUT2D eigenvalue weighted by Gasteiger charge is -2.14. The second-order valence-electron chi connectivity index (χ2n) is 7.17. The van der Waals surface area contributed by atoms with Gasteiger partial charge >= 0.3 is 5.97 Å². The first-order valence-electron chi connectivity index (χ1n) is 9.80. The fourth-order valence-electron chi connectivity index (χ4n) is 3.11. The highest BCUT2D eigenvalue weighted by molar-refractivity contribution is 14.1. The normalized spacial score (nSPS) is 11.9. The van der Waals surface area contributed by atoms with E-state index in [1.54, 1.807) is 12.1 Å². The van der Waals surface area contributed by atoms with Gasteiger partial charge in [-0.2, -0.15) is 8.75 Å². The summed E-state index contributed by atoms with van der Waals surface area (Å²) >= 11 is 14.7. The third kappa shape index (κ3) is 5.78. The lowest BCUT2D eigenvalue weighted by Crippen LogP contribution is -2.28. The van der Waals surface area contributed by atoms with Crippen molar-refractivity contribution in [1.29, 1.82) is 0 Å². The number of nitrogens with one attached hydrogen (secondary N) is 2. The highest BCUT2D eigenvalue weighted by atomic mass is 127. The quantitative estimate of drug-likeness (QED) is 0.180. The van der Waals surface area contributed by atoms with Crippen LogP contribution in [-0.2, 0) is 14.8 Å². The summed E-state index contributed by atoms with van der Waals surface area (Å²) in [5.74, 6) is -2.25. The van der Waals surface area contributed by atoms with Crippen molar-refractivity contribution < 1.29 is 23.1 Å². The highest BCUT2D eigenvalue weighted by Gasteiger charge is 2.24. The number of anilines is 1. The predicted octanol–water partition coefficient (Wildman–Crippen LogP) is 5.26. The molecule has 1 aromatic heterocycles. The van der Waals surface area contributed by atoms with Crippen LogP contribution in [0.1, 0.15) is 15.9 Å². The molecule has 36 heavy (non-hydrogen) atoms. The number of hydrogen-bond donors (Lipinski definition) is 3. The van der Waals surface area contributed by atoms with Gasteiger partial charge in [-0.05, 0) is 76.7 Å². The molecule has 3 aromatic carbocycles. The van der Waals surface area contributed by atoms with E-state index in [2.05, 4.69) is 18.8 Å². The number of amides is 1. The van der Waals surface area contributed by atoms with E-state index in [0.29, 0.717) is 14.7 Å². The Balaban J connectivity index is 1.68. The second-order valence-corrected chi connectivity index (χ2v) is 11.4. The topological polar surface area (TPSA) is 138 Å². The first kappa shape index (κ1) is 26.3. The number of hydrogen-bond acceptors (Lipinski definition) is 7. The molecular formula is C22H13Cl2IN4O5S2. The molecule has 0 spiro atoms. The van der Waals surface area contributed by atoms with Crippen molar-refractivity contribution >= 4 is 102 Å². The van der Waals surface area contributed by atoms with Crippen molar-refractivity contribution in [2.45, 2.75) is 4.90 Å². The second kappa shape index (κ2) is 10.7. The first-order chi connectivity index (χ1) is 17.0. The zero-order chi connectivity index (χ0) is 26.0. The van der Waals surface area contributed by atoms with E-state index in [1.807, 2.05) is 22.6 Å². The molecule has 0 aliphatic carbocycles. The van der Waals surface area contributed by atoms with E-state index in [4.69, 9.17) is 23.2 Å². The summed E-state index contributed by atoms with van der Waals surface area (Å²) in [6.45, 7) is 0. The number of aliphatic carboxylic acids is 1. The number of carbonyl (C=O) groups is 2. The average Bonchev–Trinajstić information content (AvgIpc) is 3.29. The predicted molar refractivity (Wildman–Crippen MR) is 147 cm³/mol. The van der Waals surface area contributed by atoms with E-state index in [1.165, 1.54) is 48.5 Å². The largest absolute Gasteiger partial charge is 0.477 e. The van der Waals surface area contributed by atoms with Crippen molar-refractivity contribution in [3.8, 4) is 0 Å². The fourth-order valence-corrected chi connectivity index (χ4v) is 5.74. The number of halogens is 3. The molecule has 0 bridgehead atoms. The van der Waals surface area contributed by atoms with Gasteiger partial charge in [0.25, 0.3) is 15.9 Å². The summed E-state index contributed by atoms with van der Waals surface area (Å²) in [5.41, 5.74) is 0.411. The Morgan fingerprint density at radius 2 is 1.81 bits per heavy atom. The van der Waals surface area contributed by atoms with Crippen molar-refractivity contribution in [3.05, 3.63) is 85.0 Å². The molecule has 0 atom stereocenters. The summed E-state index contributed by atoms with van der Waals surface area (Å²) in [6.07, 6.45) is 1.20. The van der Waals surface area contributed by atoms with Gasteiger partial charge in [0.15, 0.2) is 0 Å². The number of sulfonamides is 1. The maximum atomic E-state index is 13.2. The van der Waals surface area contributed by atoms with Gasteiger partial charge in [0.2, 0.25) is 0 Å². The maximum absolute atomic E-state index is 13.2. The number of aromatic nitrogens is 2. The Morgan fingerprint density at radius 1 is 1.03 bits per heavy atom. The summed E-state index contributed by atoms with van der Waals surface area (Å²) in [7, 11) is -4.17. The van der Waals surface area contributed by atoms with E-state index >= 15 is 0 Å². The maximum Gasteiger partial charge on any atom is 0.352 e. The zero-order valence-electron chi connectivity index (χ0n) is 17.7. The summed E-state index contributed by atoms with van der Waals surface area (Å²) < 4.78 is 37.5. The molecule has 0 aliphatic heterocycles. The van der Waals surface area contributed by atoms with Crippen molar-refractivity contribution in [3.63, 3.8) is 0 Å². The Bertz CT molecular complexity index is 1660. The molecule has 184 valence electrons. The van der Waals surface area contributed by atoms with Crippen molar-refractivity contribution in [1.82, 2.24) is 14.1 Å². The molecule has 0 fully saturated rings. The molecule has 0 saturated carbocycles. The molecule has 0 aliphatic rings. The van der Waals surface area contributed by atoms with Crippen LogP contribution in [0.4, 0.5) is 5.69 Å². The van der Waals surface area contributed by atoms with Crippen LogP contribution in [0, 0.1) is 3.57 Å². The van der Waals surface area contributed by atoms with Crippen LogP contribution in [0.25, 0.3) is 17.1 Å². The number of rotatable bonds is 7. The fraction of sp³-hybridized carbons (Fsp3) is 0. The number of nitrogens with zero attached hydrogens (tertiary/aromatic N) is 2. The monoisotopic (exact) mass is 674 g/mol. The molecule has 4 rings (SSSR count). The molecule has 1 amide bonds. The third-order valence-corrected chi connectivity index (χ3v) is 8.09. The molecule has 3 N–H and O–H groups in total. The van der Waals surface area contributed by atoms with E-state index in [9.17, 15) is 23.1 Å². The SMILES string of the molecule is O=C(O)/C(=C\c1ccc(Cl)c(Cl)c1)NC(=O)c1ccc(I)cc1NS(=O)(=O)c1cccc2nsnc12. The Morgan fingerprint density at radius 3 is 2.53 bits per heavy atom. The van der Waals surface area contributed by atoms with Crippen LogP contribution < -0.4 is 10.0 Å². The van der Waals surface area contributed by atoms with Gasteiger partial charge in [0.05, 0.1) is 33.0 Å². The minimum absolute atomic E-state index is 0.0427. The molecule has 0 saturated heterocycles. The van der Waals surface area contributed by atoms with Crippen LogP contribution >= 0.6 is 57.5 Å². The smallest absolute Gasteiger partial charge is 0.352 e. The number of benzene rings is 3. The minimum atomic E-state index is -4.17. The Kier molecular flexibility index (Phi) is 7.80. The highest BCUT2D eigenvalue weighted by Crippen LogP contribution is 2.27. The Hall–Kier alpha value is -2.78. The van der Waals surface area contributed by atoms with Crippen LogP contribution in [0.2, 0.25) is 10.0 Å². The Labute approximate surface area is 232 Å². The molecule has 9 nitrogen and oxygen atoms in total. The average molecular weight is 675 g/mol. The number of carboxylic acids is 1. The van der Waals surface area contributed by atoms with Gasteiger partial charge in [-0.15, -0.1) is 0 Å². The molecule has 0 unspecified atom stereocenters.